The minimum atomic E-state index is -0.761. The van der Waals surface area contributed by atoms with E-state index in [1.807, 2.05) is 30.3 Å². The molecule has 0 aliphatic carbocycles. The third-order valence-corrected chi connectivity index (χ3v) is 4.14. The molecular weight excluding hydrogens is 350 g/mol. The van der Waals surface area contributed by atoms with Crippen molar-refractivity contribution >= 4 is 17.7 Å². The third kappa shape index (κ3) is 4.12. The first kappa shape index (κ1) is 18.1. The van der Waals surface area contributed by atoms with Crippen molar-refractivity contribution in [1.82, 2.24) is 10.6 Å². The molecule has 0 saturated carbocycles. The molecule has 0 aromatic heterocycles. The van der Waals surface area contributed by atoms with Crippen LogP contribution in [0.5, 0.6) is 0 Å². The molecule has 1 heterocycles. The van der Waals surface area contributed by atoms with Gasteiger partial charge in [-0.05, 0) is 30.2 Å². The van der Waals surface area contributed by atoms with Crippen molar-refractivity contribution in [2.24, 2.45) is 0 Å². The van der Waals surface area contributed by atoms with Crippen LogP contribution in [0.15, 0.2) is 65.9 Å². The van der Waals surface area contributed by atoms with Gasteiger partial charge in [0.1, 0.15) is 6.61 Å². The van der Waals surface area contributed by atoms with Gasteiger partial charge in [-0.15, -0.1) is 0 Å². The normalized spacial score (nSPS) is 16.3. The summed E-state index contributed by atoms with van der Waals surface area (Å²) in [5.74, 6) is -0.577. The summed E-state index contributed by atoms with van der Waals surface area (Å²) in [7, 11) is 0. The van der Waals surface area contributed by atoms with Crippen molar-refractivity contribution in [2.45, 2.75) is 19.6 Å². The Morgan fingerprint density at radius 2 is 1.81 bits per heavy atom. The fraction of sp³-hybridized carbons (Fsp3) is 0.158. The van der Waals surface area contributed by atoms with Crippen LogP contribution in [0.2, 0.25) is 0 Å². The molecule has 1 atom stereocenters. The number of nitrogens with one attached hydrogen (secondary N) is 2. The lowest BCUT2D eigenvalue weighted by atomic mass is 9.95. The molecule has 0 unspecified atom stereocenters. The maximum Gasteiger partial charge on any atom is 0.338 e. The first-order valence-electron chi connectivity index (χ1n) is 8.19. The summed E-state index contributed by atoms with van der Waals surface area (Å²) in [5.41, 5.74) is 1.93. The molecule has 0 spiro atoms. The van der Waals surface area contributed by atoms with E-state index >= 15 is 0 Å². The predicted molar refractivity (Wildman–Crippen MR) is 96.4 cm³/mol. The number of hydrogen-bond donors (Lipinski definition) is 2. The average Bonchev–Trinajstić information content (AvgIpc) is 2.66. The first-order chi connectivity index (χ1) is 13.0. The van der Waals surface area contributed by atoms with Crippen LogP contribution in [0.1, 0.15) is 24.1 Å². The summed E-state index contributed by atoms with van der Waals surface area (Å²) in [6, 6.07) is 13.7. The summed E-state index contributed by atoms with van der Waals surface area (Å²) in [6.07, 6.45) is 0. The molecular formula is C19H17N3O5. The van der Waals surface area contributed by atoms with Gasteiger partial charge in [0.25, 0.3) is 5.69 Å². The molecule has 2 amide bonds. The van der Waals surface area contributed by atoms with E-state index in [1.54, 1.807) is 6.92 Å². The fourth-order valence-electron chi connectivity index (χ4n) is 2.80. The Bertz CT molecular complexity index is 907. The van der Waals surface area contributed by atoms with Crippen LogP contribution in [0.25, 0.3) is 0 Å². The van der Waals surface area contributed by atoms with Gasteiger partial charge in [-0.3, -0.25) is 10.1 Å². The second kappa shape index (κ2) is 7.69. The van der Waals surface area contributed by atoms with E-state index in [9.17, 15) is 19.7 Å². The number of rotatable bonds is 5. The van der Waals surface area contributed by atoms with Crippen molar-refractivity contribution in [1.29, 1.82) is 0 Å². The number of nitrogens with zero attached hydrogens (tertiary/aromatic N) is 1. The molecule has 27 heavy (non-hydrogen) atoms. The van der Waals surface area contributed by atoms with Gasteiger partial charge in [0, 0.05) is 17.8 Å². The standard InChI is InChI=1S/C19H17N3O5/c1-12-16(18(23)27-11-13-5-3-2-4-6-13)17(21-19(24)20-12)14-7-9-15(10-8-14)22(25)26/h2-10,17H,11H2,1H3,(H2,20,21,24)/t17-/m0/s1. The van der Waals surface area contributed by atoms with E-state index in [1.165, 1.54) is 24.3 Å². The lowest BCUT2D eigenvalue weighted by molar-refractivity contribution is -0.384. The van der Waals surface area contributed by atoms with Crippen molar-refractivity contribution in [2.75, 3.05) is 0 Å². The molecule has 1 aliphatic rings. The average molecular weight is 367 g/mol. The molecule has 138 valence electrons. The predicted octanol–water partition coefficient (Wildman–Crippen LogP) is 2.97. The SMILES string of the molecule is CC1=C(C(=O)OCc2ccccc2)[C@H](c2ccc([N+](=O)[O-])cc2)NC(=O)N1. The van der Waals surface area contributed by atoms with Crippen molar-refractivity contribution < 1.29 is 19.2 Å². The Morgan fingerprint density at radius 3 is 2.44 bits per heavy atom. The zero-order chi connectivity index (χ0) is 19.4. The third-order valence-electron chi connectivity index (χ3n) is 4.14. The Kier molecular flexibility index (Phi) is 5.16. The second-order valence-electron chi connectivity index (χ2n) is 5.98. The van der Waals surface area contributed by atoms with Gasteiger partial charge < -0.3 is 15.4 Å². The topological polar surface area (TPSA) is 111 Å². The Morgan fingerprint density at radius 1 is 1.15 bits per heavy atom. The van der Waals surface area contributed by atoms with Crippen LogP contribution in [0.4, 0.5) is 10.5 Å². The van der Waals surface area contributed by atoms with Crippen LogP contribution >= 0.6 is 0 Å². The van der Waals surface area contributed by atoms with E-state index in [2.05, 4.69) is 10.6 Å². The summed E-state index contributed by atoms with van der Waals surface area (Å²) in [4.78, 5) is 34.8. The number of esters is 1. The molecule has 8 heteroatoms. The van der Waals surface area contributed by atoms with Crippen LogP contribution in [-0.4, -0.2) is 16.9 Å². The Labute approximate surface area is 155 Å². The number of allylic oxidation sites excluding steroid dienone is 1. The number of amides is 2. The molecule has 3 rings (SSSR count). The molecule has 2 aromatic rings. The number of urea groups is 1. The highest BCUT2D eigenvalue weighted by Crippen LogP contribution is 2.29. The van der Waals surface area contributed by atoms with Gasteiger partial charge in [-0.25, -0.2) is 9.59 Å². The maximum absolute atomic E-state index is 12.7. The quantitative estimate of drug-likeness (QED) is 0.479. The fourth-order valence-corrected chi connectivity index (χ4v) is 2.80. The highest BCUT2D eigenvalue weighted by Gasteiger charge is 2.32. The van der Waals surface area contributed by atoms with E-state index in [0.29, 0.717) is 11.3 Å². The van der Waals surface area contributed by atoms with Gasteiger partial charge in [0.2, 0.25) is 0 Å². The maximum atomic E-state index is 12.7. The van der Waals surface area contributed by atoms with Crippen LogP contribution in [0.3, 0.4) is 0 Å². The summed E-state index contributed by atoms with van der Waals surface area (Å²) in [5, 5.41) is 16.0. The first-order valence-corrected chi connectivity index (χ1v) is 8.19. The van der Waals surface area contributed by atoms with E-state index in [0.717, 1.165) is 5.56 Å². The molecule has 2 aromatic carbocycles. The van der Waals surface area contributed by atoms with Crippen molar-refractivity contribution in [3.05, 3.63) is 87.1 Å². The molecule has 1 aliphatic heterocycles. The summed E-state index contributed by atoms with van der Waals surface area (Å²) < 4.78 is 5.39. The number of carbonyl (C=O) groups is 2. The van der Waals surface area contributed by atoms with E-state index < -0.39 is 23.0 Å². The number of nitro benzene ring substituents is 1. The van der Waals surface area contributed by atoms with Crippen LogP contribution < -0.4 is 10.6 Å². The second-order valence-corrected chi connectivity index (χ2v) is 5.98. The van der Waals surface area contributed by atoms with Gasteiger partial charge >= 0.3 is 12.0 Å². The smallest absolute Gasteiger partial charge is 0.338 e. The van der Waals surface area contributed by atoms with Gasteiger partial charge in [-0.1, -0.05) is 30.3 Å². The number of hydrogen-bond acceptors (Lipinski definition) is 5. The zero-order valence-corrected chi connectivity index (χ0v) is 14.5. The van der Waals surface area contributed by atoms with Crippen molar-refractivity contribution in [3.63, 3.8) is 0 Å². The highest BCUT2D eigenvalue weighted by molar-refractivity contribution is 5.95. The van der Waals surface area contributed by atoms with E-state index in [-0.39, 0.29) is 17.9 Å². The molecule has 0 fully saturated rings. The Balaban J connectivity index is 1.85. The summed E-state index contributed by atoms with van der Waals surface area (Å²) in [6.45, 7) is 1.70. The Hall–Kier alpha value is -3.68. The van der Waals surface area contributed by atoms with Crippen LogP contribution in [0, 0.1) is 10.1 Å². The lowest BCUT2D eigenvalue weighted by Gasteiger charge is -2.28. The van der Waals surface area contributed by atoms with E-state index in [4.69, 9.17) is 4.74 Å². The van der Waals surface area contributed by atoms with Gasteiger partial charge in [0.15, 0.2) is 0 Å². The highest BCUT2D eigenvalue weighted by atomic mass is 16.6. The molecule has 0 bridgehead atoms. The summed E-state index contributed by atoms with van der Waals surface area (Å²) >= 11 is 0. The zero-order valence-electron chi connectivity index (χ0n) is 14.5. The number of non-ortho nitro benzene ring substituents is 1. The molecule has 0 saturated heterocycles. The molecule has 8 nitrogen and oxygen atoms in total. The molecule has 2 N–H and O–H groups in total. The van der Waals surface area contributed by atoms with Gasteiger partial charge in [0.05, 0.1) is 16.5 Å². The lowest BCUT2D eigenvalue weighted by Crippen LogP contribution is -2.45. The molecule has 0 radical (unpaired) electrons. The number of nitro groups is 1. The number of carbonyl (C=O) groups excluding carboxylic acids is 2. The number of ether oxygens (including phenoxy) is 1. The monoisotopic (exact) mass is 367 g/mol. The van der Waals surface area contributed by atoms with Crippen molar-refractivity contribution in [3.8, 4) is 0 Å². The minimum Gasteiger partial charge on any atom is -0.457 e. The largest absolute Gasteiger partial charge is 0.457 e. The number of benzene rings is 2. The minimum absolute atomic E-state index is 0.0760. The van der Waals surface area contributed by atoms with Crippen LogP contribution in [-0.2, 0) is 16.1 Å². The van der Waals surface area contributed by atoms with Gasteiger partial charge in [-0.2, -0.15) is 0 Å².